The van der Waals surface area contributed by atoms with Crippen molar-refractivity contribution in [3.8, 4) is 0 Å². The van der Waals surface area contributed by atoms with Crippen LogP contribution in [0.4, 0.5) is 0 Å². The van der Waals surface area contributed by atoms with Gasteiger partial charge in [0, 0.05) is 0 Å². The summed E-state index contributed by atoms with van der Waals surface area (Å²) in [6, 6.07) is 0. The summed E-state index contributed by atoms with van der Waals surface area (Å²) >= 11 is 0. The lowest BCUT2D eigenvalue weighted by Gasteiger charge is -2.21. The second-order valence-electron chi connectivity index (χ2n) is 2.66. The minimum Gasteiger partial charge on any atom is -0.323 e. The first-order valence-corrected chi connectivity index (χ1v) is 5.42. The summed E-state index contributed by atoms with van der Waals surface area (Å²) in [4.78, 5) is 17.4. The third kappa shape index (κ3) is 3.34. The van der Waals surface area contributed by atoms with E-state index in [2.05, 4.69) is 0 Å². The number of hydrogen-bond acceptors (Lipinski definition) is 2. The topological polar surface area (TPSA) is 83.6 Å². The van der Waals surface area contributed by atoms with Gasteiger partial charge in [0.2, 0.25) is 0 Å². The zero-order chi connectivity index (χ0) is 9.07. The molecular weight excluding hydrogens is 165 g/mol. The fourth-order valence-electron chi connectivity index (χ4n) is 1.05. The molecule has 0 rings (SSSR count). The van der Waals surface area contributed by atoms with E-state index in [1.54, 1.807) is 0 Å². The smallest absolute Gasteiger partial charge is 0.323 e. The highest BCUT2D eigenvalue weighted by Crippen LogP contribution is 2.43. The van der Waals surface area contributed by atoms with Gasteiger partial charge < -0.3 is 15.5 Å². The molecule has 0 radical (unpaired) electrons. The lowest BCUT2D eigenvalue weighted by atomic mass is 10.0. The molecule has 4 N–H and O–H groups in total. The van der Waals surface area contributed by atoms with Crippen molar-refractivity contribution in [2.45, 2.75) is 32.5 Å². The van der Waals surface area contributed by atoms with Crippen LogP contribution in [0, 0.1) is 5.92 Å². The summed E-state index contributed by atoms with van der Waals surface area (Å²) in [5.41, 5.74) is 5.35. The summed E-state index contributed by atoms with van der Waals surface area (Å²) < 4.78 is 10.7. The van der Waals surface area contributed by atoms with Gasteiger partial charge in [-0.05, 0) is 5.92 Å². The second kappa shape index (κ2) is 4.21. The van der Waals surface area contributed by atoms with Gasteiger partial charge in [0.15, 0.2) is 0 Å². The number of nitrogens with two attached hydrogens (primary N) is 1. The molecule has 5 heteroatoms. The third-order valence-electron chi connectivity index (χ3n) is 1.92. The van der Waals surface area contributed by atoms with E-state index in [0.29, 0.717) is 12.8 Å². The molecule has 0 aliphatic heterocycles. The molecule has 0 aromatic heterocycles. The van der Waals surface area contributed by atoms with E-state index < -0.39 is 13.4 Å². The van der Waals surface area contributed by atoms with E-state index in [9.17, 15) is 4.57 Å². The molecule has 0 saturated heterocycles. The van der Waals surface area contributed by atoms with E-state index >= 15 is 0 Å². The number of hydrogen-bond donors (Lipinski definition) is 3. The molecule has 11 heavy (non-hydrogen) atoms. The zero-order valence-electron chi connectivity index (χ0n) is 6.90. The van der Waals surface area contributed by atoms with Crippen molar-refractivity contribution in [1.82, 2.24) is 0 Å². The van der Waals surface area contributed by atoms with Crippen molar-refractivity contribution in [2.75, 3.05) is 0 Å². The van der Waals surface area contributed by atoms with Crippen LogP contribution in [-0.2, 0) is 4.57 Å². The van der Waals surface area contributed by atoms with Crippen LogP contribution < -0.4 is 5.73 Å². The van der Waals surface area contributed by atoms with Gasteiger partial charge in [0.25, 0.3) is 0 Å². The molecule has 4 nitrogen and oxygen atoms in total. The van der Waals surface area contributed by atoms with E-state index in [1.165, 1.54) is 0 Å². The van der Waals surface area contributed by atoms with E-state index in [1.807, 2.05) is 13.8 Å². The molecule has 1 atom stereocenters. The summed E-state index contributed by atoms with van der Waals surface area (Å²) in [6.07, 6.45) is 1.42. The van der Waals surface area contributed by atoms with Gasteiger partial charge in [0.1, 0.15) is 5.78 Å². The van der Waals surface area contributed by atoms with Crippen LogP contribution in [0.5, 0.6) is 0 Å². The molecule has 0 bridgehead atoms. The Morgan fingerprint density at radius 3 is 1.82 bits per heavy atom. The van der Waals surface area contributed by atoms with Crippen molar-refractivity contribution < 1.29 is 14.4 Å². The SMILES string of the molecule is CCC(CC)[C@H](N)P(=O)(O)O. The highest BCUT2D eigenvalue weighted by molar-refractivity contribution is 7.52. The highest BCUT2D eigenvalue weighted by atomic mass is 31.2. The van der Waals surface area contributed by atoms with E-state index in [0.717, 1.165) is 0 Å². The van der Waals surface area contributed by atoms with Crippen molar-refractivity contribution in [3.05, 3.63) is 0 Å². The van der Waals surface area contributed by atoms with Crippen molar-refractivity contribution in [3.63, 3.8) is 0 Å². The first kappa shape index (κ1) is 11.1. The van der Waals surface area contributed by atoms with Crippen molar-refractivity contribution >= 4 is 7.60 Å². The largest absolute Gasteiger partial charge is 0.342 e. The standard InChI is InChI=1S/C6H16NO3P/c1-3-5(4-2)6(7)11(8,9)10/h5-6H,3-4,7H2,1-2H3,(H2,8,9,10)/t6-/m1/s1. The van der Waals surface area contributed by atoms with Gasteiger partial charge in [-0.15, -0.1) is 0 Å². The lowest BCUT2D eigenvalue weighted by Crippen LogP contribution is -2.29. The molecule has 0 aliphatic carbocycles. The first-order chi connectivity index (χ1) is 4.93. The van der Waals surface area contributed by atoms with Gasteiger partial charge in [-0.1, -0.05) is 26.7 Å². The molecule has 0 heterocycles. The molecule has 0 aromatic carbocycles. The molecule has 0 aromatic rings. The van der Waals surface area contributed by atoms with Crippen LogP contribution >= 0.6 is 7.60 Å². The fourth-order valence-corrected chi connectivity index (χ4v) is 2.02. The van der Waals surface area contributed by atoms with Crippen LogP contribution in [-0.4, -0.2) is 15.6 Å². The molecule has 0 aliphatic rings. The van der Waals surface area contributed by atoms with Crippen molar-refractivity contribution in [2.24, 2.45) is 11.7 Å². The maximum Gasteiger partial charge on any atom is 0.342 e. The first-order valence-electron chi connectivity index (χ1n) is 3.74. The minimum absolute atomic E-state index is 0.0733. The van der Waals surface area contributed by atoms with Gasteiger partial charge in [0.05, 0.1) is 0 Å². The quantitative estimate of drug-likeness (QED) is 0.562. The summed E-state index contributed by atoms with van der Waals surface area (Å²) in [6.45, 7) is 3.76. The summed E-state index contributed by atoms with van der Waals surface area (Å²) in [5.74, 6) is -1.06. The van der Waals surface area contributed by atoms with Crippen LogP contribution in [0.25, 0.3) is 0 Å². The third-order valence-corrected chi connectivity index (χ3v) is 3.12. The average Bonchev–Trinajstić information content (AvgIpc) is 1.88. The van der Waals surface area contributed by atoms with Crippen molar-refractivity contribution in [1.29, 1.82) is 0 Å². The van der Waals surface area contributed by atoms with Crippen LogP contribution in [0.15, 0.2) is 0 Å². The normalized spacial score (nSPS) is 15.5. The van der Waals surface area contributed by atoms with Crippen LogP contribution in [0.3, 0.4) is 0 Å². The molecule has 0 unspecified atom stereocenters. The molecule has 0 spiro atoms. The Bertz CT molecular complexity index is 152. The van der Waals surface area contributed by atoms with Crippen LogP contribution in [0.2, 0.25) is 0 Å². The van der Waals surface area contributed by atoms with Crippen LogP contribution in [0.1, 0.15) is 26.7 Å². The molecule has 0 saturated carbocycles. The Morgan fingerprint density at radius 1 is 1.36 bits per heavy atom. The fraction of sp³-hybridized carbons (Fsp3) is 1.00. The predicted octanol–water partition coefficient (Wildman–Crippen LogP) is 0.885. The minimum atomic E-state index is -4.07. The Morgan fingerprint density at radius 2 is 1.73 bits per heavy atom. The van der Waals surface area contributed by atoms with E-state index in [-0.39, 0.29) is 5.92 Å². The zero-order valence-corrected chi connectivity index (χ0v) is 7.79. The molecule has 0 amide bonds. The molecule has 68 valence electrons. The van der Waals surface area contributed by atoms with E-state index in [4.69, 9.17) is 15.5 Å². The Balaban J connectivity index is 4.21. The summed E-state index contributed by atoms with van der Waals surface area (Å²) in [5, 5.41) is 0. The highest BCUT2D eigenvalue weighted by Gasteiger charge is 2.30. The lowest BCUT2D eigenvalue weighted by molar-refractivity contribution is 0.327. The van der Waals surface area contributed by atoms with Gasteiger partial charge >= 0.3 is 7.60 Å². The monoisotopic (exact) mass is 181 g/mol. The molecule has 0 fully saturated rings. The van der Waals surface area contributed by atoms with Gasteiger partial charge in [-0.3, -0.25) is 4.57 Å². The maximum atomic E-state index is 10.7. The average molecular weight is 181 g/mol. The summed E-state index contributed by atoms with van der Waals surface area (Å²) in [7, 11) is -4.07. The Hall–Kier alpha value is 0.110. The Labute approximate surface area is 67.0 Å². The maximum absolute atomic E-state index is 10.7. The van der Waals surface area contributed by atoms with Gasteiger partial charge in [-0.2, -0.15) is 0 Å². The second-order valence-corrected chi connectivity index (χ2v) is 4.43. The predicted molar refractivity (Wildman–Crippen MR) is 44.1 cm³/mol. The van der Waals surface area contributed by atoms with Gasteiger partial charge in [-0.25, -0.2) is 0 Å². The number of rotatable bonds is 4. The Kier molecular flexibility index (Phi) is 4.26. The molecular formula is C6H16NO3P.